The van der Waals surface area contributed by atoms with Gasteiger partial charge in [-0.15, -0.1) is 16.4 Å². The van der Waals surface area contributed by atoms with Gasteiger partial charge in [-0.1, -0.05) is 43.3 Å². The molecule has 0 saturated heterocycles. The van der Waals surface area contributed by atoms with E-state index in [9.17, 15) is 4.79 Å². The van der Waals surface area contributed by atoms with Gasteiger partial charge in [0.2, 0.25) is 0 Å². The number of rotatable bonds is 12. The number of tetrazole rings is 1. The zero-order chi connectivity index (χ0) is 26.3. The minimum atomic E-state index is -0.0867. The Morgan fingerprint density at radius 2 is 1.92 bits per heavy atom. The van der Waals surface area contributed by atoms with E-state index in [2.05, 4.69) is 62.0 Å². The summed E-state index contributed by atoms with van der Waals surface area (Å²) in [5.41, 5.74) is 2.65. The van der Waals surface area contributed by atoms with Crippen LogP contribution in [0.2, 0.25) is 0 Å². The van der Waals surface area contributed by atoms with Crippen LogP contribution >= 0.6 is 11.3 Å². The molecule has 2 aromatic carbocycles. The Bertz CT molecular complexity index is 1510. The van der Waals surface area contributed by atoms with Crippen LogP contribution in [0.3, 0.4) is 0 Å². The average Bonchev–Trinajstić information content (AvgIpc) is 3.62. The Morgan fingerprint density at radius 1 is 1.05 bits per heavy atom. The summed E-state index contributed by atoms with van der Waals surface area (Å²) in [6.07, 6.45) is 1.64. The van der Waals surface area contributed by atoms with E-state index in [4.69, 9.17) is 4.74 Å². The molecule has 9 heteroatoms. The Hall–Kier alpha value is -3.82. The van der Waals surface area contributed by atoms with Gasteiger partial charge in [0.25, 0.3) is 5.56 Å². The fourth-order valence-corrected chi connectivity index (χ4v) is 5.52. The number of nitrogens with one attached hydrogen (secondary N) is 1. The molecule has 0 amide bonds. The second kappa shape index (κ2) is 12.1. The molecule has 0 bridgehead atoms. The van der Waals surface area contributed by atoms with Crippen molar-refractivity contribution in [1.82, 2.24) is 30.1 Å². The second-order valence-corrected chi connectivity index (χ2v) is 10.2. The number of fused-ring (bicyclic) bond motifs is 1. The van der Waals surface area contributed by atoms with Gasteiger partial charge < -0.3 is 9.72 Å². The van der Waals surface area contributed by atoms with Crippen molar-refractivity contribution in [3.63, 3.8) is 0 Å². The van der Waals surface area contributed by atoms with Crippen molar-refractivity contribution in [3.05, 3.63) is 104 Å². The van der Waals surface area contributed by atoms with Crippen molar-refractivity contribution in [1.29, 1.82) is 0 Å². The number of pyridine rings is 1. The molecular formula is C29H32N6O2S. The highest BCUT2D eigenvalue weighted by molar-refractivity contribution is 7.09. The third-order valence-corrected chi connectivity index (χ3v) is 7.52. The third-order valence-electron chi connectivity index (χ3n) is 6.66. The van der Waals surface area contributed by atoms with E-state index in [-0.39, 0.29) is 11.6 Å². The van der Waals surface area contributed by atoms with E-state index < -0.39 is 0 Å². The minimum Gasteiger partial charge on any atom is -0.494 e. The number of H-pyrrole nitrogens is 1. The number of thiophene rings is 1. The maximum absolute atomic E-state index is 13.1. The quantitative estimate of drug-likeness (QED) is 0.234. The zero-order valence-electron chi connectivity index (χ0n) is 21.7. The molecule has 3 heterocycles. The third kappa shape index (κ3) is 6.00. The Morgan fingerprint density at radius 3 is 2.68 bits per heavy atom. The van der Waals surface area contributed by atoms with Crippen LogP contribution in [-0.4, -0.2) is 36.7 Å². The molecule has 1 atom stereocenters. The molecule has 0 spiro atoms. The summed E-state index contributed by atoms with van der Waals surface area (Å²) in [4.78, 5) is 19.7. The molecule has 0 aliphatic rings. The van der Waals surface area contributed by atoms with Crippen LogP contribution < -0.4 is 10.3 Å². The number of hydrogen-bond acceptors (Lipinski definition) is 7. The van der Waals surface area contributed by atoms with Gasteiger partial charge in [0, 0.05) is 41.0 Å². The summed E-state index contributed by atoms with van der Waals surface area (Å²) in [7, 11) is 0. The number of aryl methyl sites for hydroxylation is 2. The Kier molecular flexibility index (Phi) is 8.25. The highest BCUT2D eigenvalue weighted by atomic mass is 32.1. The van der Waals surface area contributed by atoms with Crippen LogP contribution in [0.25, 0.3) is 10.9 Å². The van der Waals surface area contributed by atoms with Crippen molar-refractivity contribution in [3.8, 4) is 5.75 Å². The van der Waals surface area contributed by atoms with Crippen molar-refractivity contribution in [2.24, 2.45) is 0 Å². The molecule has 1 N–H and O–H groups in total. The molecule has 0 aliphatic carbocycles. The van der Waals surface area contributed by atoms with Crippen molar-refractivity contribution in [2.45, 2.75) is 52.4 Å². The summed E-state index contributed by atoms with van der Waals surface area (Å²) in [6, 6.07) is 22.2. The first-order valence-electron chi connectivity index (χ1n) is 13.0. The highest BCUT2D eigenvalue weighted by Gasteiger charge is 2.26. The van der Waals surface area contributed by atoms with E-state index in [1.807, 2.05) is 54.1 Å². The topological polar surface area (TPSA) is 88.9 Å². The Labute approximate surface area is 225 Å². The molecule has 0 aliphatic heterocycles. The molecule has 1 unspecified atom stereocenters. The van der Waals surface area contributed by atoms with Gasteiger partial charge in [0.15, 0.2) is 5.82 Å². The fourth-order valence-electron chi connectivity index (χ4n) is 4.79. The lowest BCUT2D eigenvalue weighted by Gasteiger charge is -2.30. The summed E-state index contributed by atoms with van der Waals surface area (Å²) < 4.78 is 7.59. The maximum Gasteiger partial charge on any atom is 0.252 e. The lowest BCUT2D eigenvalue weighted by Crippen LogP contribution is -2.32. The van der Waals surface area contributed by atoms with Crippen LogP contribution in [0.4, 0.5) is 0 Å². The van der Waals surface area contributed by atoms with E-state index in [0.717, 1.165) is 35.3 Å². The molecule has 5 aromatic rings. The summed E-state index contributed by atoms with van der Waals surface area (Å²) in [6.45, 7) is 6.54. The van der Waals surface area contributed by atoms with Gasteiger partial charge in [-0.2, -0.15) is 0 Å². The Balaban J connectivity index is 1.46. The molecule has 3 aromatic heterocycles. The molecule has 5 rings (SSSR count). The number of nitrogens with zero attached hydrogens (tertiary/aromatic N) is 5. The number of hydrogen-bond donors (Lipinski definition) is 1. The summed E-state index contributed by atoms with van der Waals surface area (Å²) >= 11 is 1.71. The van der Waals surface area contributed by atoms with E-state index in [1.54, 1.807) is 11.3 Å². The number of aromatic amines is 1. The van der Waals surface area contributed by atoms with Gasteiger partial charge in [-0.05, 0) is 71.5 Å². The highest BCUT2D eigenvalue weighted by Crippen LogP contribution is 2.28. The first-order valence-corrected chi connectivity index (χ1v) is 13.9. The van der Waals surface area contributed by atoms with E-state index in [0.29, 0.717) is 31.8 Å². The van der Waals surface area contributed by atoms with Crippen LogP contribution in [0.5, 0.6) is 5.75 Å². The average molecular weight is 529 g/mol. The molecule has 8 nitrogen and oxygen atoms in total. The SMILES string of the molecule is CCOc1ccc2[nH]c(=O)c(CN(Cc3cccs3)C(CC)c3nnnn3CCc3ccccc3)cc2c1. The summed E-state index contributed by atoms with van der Waals surface area (Å²) in [5.74, 6) is 1.60. The first kappa shape index (κ1) is 25.8. The molecule has 0 saturated carbocycles. The lowest BCUT2D eigenvalue weighted by molar-refractivity contribution is 0.162. The van der Waals surface area contributed by atoms with Crippen molar-refractivity contribution < 1.29 is 4.74 Å². The monoisotopic (exact) mass is 528 g/mol. The van der Waals surface area contributed by atoms with Crippen LogP contribution in [0.1, 0.15) is 48.1 Å². The van der Waals surface area contributed by atoms with Crippen molar-refractivity contribution >= 4 is 22.2 Å². The molecule has 196 valence electrons. The van der Waals surface area contributed by atoms with Crippen LogP contribution in [0.15, 0.2) is 76.9 Å². The molecular weight excluding hydrogens is 496 g/mol. The largest absolute Gasteiger partial charge is 0.494 e. The molecule has 38 heavy (non-hydrogen) atoms. The van der Waals surface area contributed by atoms with Gasteiger partial charge in [0.1, 0.15) is 5.75 Å². The van der Waals surface area contributed by atoms with Crippen LogP contribution in [-0.2, 0) is 26.1 Å². The van der Waals surface area contributed by atoms with Gasteiger partial charge in [-0.25, -0.2) is 4.68 Å². The molecule has 0 fully saturated rings. The number of aromatic nitrogens is 5. The lowest BCUT2D eigenvalue weighted by atomic mass is 10.1. The predicted molar refractivity (Wildman–Crippen MR) is 150 cm³/mol. The van der Waals surface area contributed by atoms with Gasteiger partial charge in [0.05, 0.1) is 12.6 Å². The van der Waals surface area contributed by atoms with Crippen LogP contribution in [0, 0.1) is 0 Å². The van der Waals surface area contributed by atoms with Gasteiger partial charge >= 0.3 is 0 Å². The number of benzene rings is 2. The predicted octanol–water partition coefficient (Wildman–Crippen LogP) is 5.37. The molecule has 0 radical (unpaired) electrons. The smallest absolute Gasteiger partial charge is 0.252 e. The van der Waals surface area contributed by atoms with E-state index >= 15 is 0 Å². The van der Waals surface area contributed by atoms with E-state index in [1.165, 1.54) is 10.4 Å². The second-order valence-electron chi connectivity index (χ2n) is 9.21. The maximum atomic E-state index is 13.1. The normalized spacial score (nSPS) is 12.3. The minimum absolute atomic E-state index is 0.0623. The number of ether oxygens (including phenoxy) is 1. The fraction of sp³-hybridized carbons (Fsp3) is 0.310. The standard InChI is InChI=1S/C29H32N6O2S/c1-3-27(28-31-32-33-35(28)15-14-21-9-6-5-7-10-21)34(20-25-11-8-16-38-25)19-23-17-22-18-24(37-4-2)12-13-26(22)30-29(23)36/h5-13,16-18,27H,3-4,14-15,19-20H2,1-2H3,(H,30,36). The first-order chi connectivity index (χ1) is 18.6. The van der Waals surface area contributed by atoms with Gasteiger partial charge in [-0.3, -0.25) is 9.69 Å². The van der Waals surface area contributed by atoms with Crippen molar-refractivity contribution in [2.75, 3.05) is 6.61 Å². The summed E-state index contributed by atoms with van der Waals surface area (Å²) in [5, 5.41) is 15.8. The zero-order valence-corrected chi connectivity index (χ0v) is 22.5.